The minimum atomic E-state index is -4.42. The Morgan fingerprint density at radius 3 is 2.57 bits per heavy atom. The summed E-state index contributed by atoms with van der Waals surface area (Å²) in [5.41, 5.74) is 1.28. The van der Waals surface area contributed by atoms with Crippen LogP contribution in [0.5, 0.6) is 5.75 Å². The fraction of sp³-hybridized carbons (Fsp3) is 0.423. The summed E-state index contributed by atoms with van der Waals surface area (Å²) >= 11 is 0. The van der Waals surface area contributed by atoms with Crippen molar-refractivity contribution in [1.82, 2.24) is 15.3 Å². The van der Waals surface area contributed by atoms with Gasteiger partial charge >= 0.3 is 6.18 Å². The molecule has 0 saturated heterocycles. The second-order valence-electron chi connectivity index (χ2n) is 9.17. The van der Waals surface area contributed by atoms with Crippen LogP contribution in [0.1, 0.15) is 67.6 Å². The van der Waals surface area contributed by atoms with E-state index in [9.17, 15) is 18.0 Å². The van der Waals surface area contributed by atoms with Crippen LogP contribution in [0.2, 0.25) is 0 Å². The number of halogens is 3. The number of rotatable bonds is 8. The SMILES string of the molecule is COc1cc2nc(C)nc(N[C@H](C)c3cccc(C(F)(F)F)c3)c2cc1C(C)CC(=O)NC1CC1. The summed E-state index contributed by atoms with van der Waals surface area (Å²) in [6.07, 6.45) is -2.06. The first-order valence-corrected chi connectivity index (χ1v) is 11.6. The molecule has 1 unspecified atom stereocenters. The molecule has 0 aliphatic heterocycles. The number of methoxy groups -OCH3 is 1. The molecule has 2 N–H and O–H groups in total. The van der Waals surface area contributed by atoms with Crippen LogP contribution >= 0.6 is 0 Å². The van der Waals surface area contributed by atoms with Crippen LogP contribution < -0.4 is 15.4 Å². The Balaban J connectivity index is 1.67. The van der Waals surface area contributed by atoms with Gasteiger partial charge in [-0.25, -0.2) is 9.97 Å². The third-order valence-corrected chi connectivity index (χ3v) is 6.19. The molecular formula is C26H29F3N4O2. The molecule has 35 heavy (non-hydrogen) atoms. The number of aryl methyl sites for hydroxylation is 1. The van der Waals surface area contributed by atoms with Crippen LogP contribution in [-0.2, 0) is 11.0 Å². The standard InChI is InChI=1S/C26H29F3N4O2/c1-14(10-24(34)33-19-8-9-19)20-12-21-22(13-23(20)35-4)31-16(3)32-25(21)30-15(2)17-6-5-7-18(11-17)26(27,28)29/h5-7,11-15,19H,8-10H2,1-4H3,(H,33,34)(H,30,31,32)/t14?,15-/m1/s1. The zero-order chi connectivity index (χ0) is 25.3. The quantitative estimate of drug-likeness (QED) is 0.414. The van der Waals surface area contributed by atoms with Gasteiger partial charge in [0.1, 0.15) is 17.4 Å². The van der Waals surface area contributed by atoms with Gasteiger partial charge < -0.3 is 15.4 Å². The number of carbonyl (C=O) groups excluding carboxylic acids is 1. The Morgan fingerprint density at radius 2 is 1.91 bits per heavy atom. The molecule has 1 saturated carbocycles. The molecule has 6 nitrogen and oxygen atoms in total. The van der Waals surface area contributed by atoms with E-state index in [0.717, 1.165) is 30.5 Å². The van der Waals surface area contributed by atoms with Crippen molar-refractivity contribution < 1.29 is 22.7 Å². The van der Waals surface area contributed by atoms with Gasteiger partial charge in [0.05, 0.1) is 18.2 Å². The van der Waals surface area contributed by atoms with Crippen molar-refractivity contribution in [3.8, 4) is 5.75 Å². The van der Waals surface area contributed by atoms with Gasteiger partial charge in [0.15, 0.2) is 0 Å². The monoisotopic (exact) mass is 486 g/mol. The summed E-state index contributed by atoms with van der Waals surface area (Å²) in [4.78, 5) is 21.4. The number of carbonyl (C=O) groups is 1. The molecule has 1 amide bonds. The number of anilines is 1. The average Bonchev–Trinajstić information content (AvgIpc) is 3.61. The van der Waals surface area contributed by atoms with Crippen LogP contribution in [0.25, 0.3) is 10.9 Å². The first-order chi connectivity index (χ1) is 16.5. The molecule has 0 spiro atoms. The molecular weight excluding hydrogens is 457 g/mol. The zero-order valence-corrected chi connectivity index (χ0v) is 20.2. The molecule has 2 atom stereocenters. The van der Waals surface area contributed by atoms with Gasteiger partial charge in [0, 0.05) is 30.0 Å². The van der Waals surface area contributed by atoms with Crippen molar-refractivity contribution in [3.63, 3.8) is 0 Å². The van der Waals surface area contributed by atoms with Crippen LogP contribution in [0.15, 0.2) is 36.4 Å². The molecule has 4 rings (SSSR count). The van der Waals surface area contributed by atoms with Crippen molar-refractivity contribution >= 4 is 22.6 Å². The lowest BCUT2D eigenvalue weighted by Gasteiger charge is -2.20. The number of ether oxygens (including phenoxy) is 1. The first kappa shape index (κ1) is 24.8. The van der Waals surface area contributed by atoms with Gasteiger partial charge in [0.2, 0.25) is 5.91 Å². The Labute approximate surface area is 202 Å². The van der Waals surface area contributed by atoms with E-state index in [1.165, 1.54) is 6.07 Å². The molecule has 0 bridgehead atoms. The highest BCUT2D eigenvalue weighted by molar-refractivity contribution is 5.91. The summed E-state index contributed by atoms with van der Waals surface area (Å²) in [5.74, 6) is 1.53. The number of fused-ring (bicyclic) bond motifs is 1. The molecule has 3 aromatic rings. The van der Waals surface area contributed by atoms with Crippen molar-refractivity contribution in [2.45, 2.75) is 64.2 Å². The fourth-order valence-electron chi connectivity index (χ4n) is 4.14. The highest BCUT2D eigenvalue weighted by Crippen LogP contribution is 2.36. The number of aromatic nitrogens is 2. The highest BCUT2D eigenvalue weighted by Gasteiger charge is 2.31. The lowest BCUT2D eigenvalue weighted by atomic mass is 9.94. The maximum absolute atomic E-state index is 13.2. The van der Waals surface area contributed by atoms with Gasteiger partial charge in [-0.1, -0.05) is 19.1 Å². The molecule has 0 radical (unpaired) electrons. The molecule has 186 valence electrons. The Morgan fingerprint density at radius 1 is 1.17 bits per heavy atom. The van der Waals surface area contributed by atoms with E-state index < -0.39 is 17.8 Å². The number of amides is 1. The summed E-state index contributed by atoms with van der Waals surface area (Å²) in [6, 6.07) is 8.82. The maximum Gasteiger partial charge on any atom is 0.416 e. The second kappa shape index (κ2) is 9.71. The number of hydrogen-bond acceptors (Lipinski definition) is 5. The fourth-order valence-corrected chi connectivity index (χ4v) is 4.14. The summed E-state index contributed by atoms with van der Waals surface area (Å²) < 4.78 is 45.2. The number of nitrogens with zero attached hydrogens (tertiary/aromatic N) is 2. The van der Waals surface area contributed by atoms with Crippen molar-refractivity contribution in [2.75, 3.05) is 12.4 Å². The van der Waals surface area contributed by atoms with Gasteiger partial charge in [-0.05, 0) is 61.9 Å². The zero-order valence-electron chi connectivity index (χ0n) is 20.2. The lowest BCUT2D eigenvalue weighted by molar-refractivity contribution is -0.137. The largest absolute Gasteiger partial charge is 0.496 e. The van der Waals surface area contributed by atoms with Crippen molar-refractivity contribution in [2.24, 2.45) is 0 Å². The minimum Gasteiger partial charge on any atom is -0.496 e. The van der Waals surface area contributed by atoms with E-state index in [1.807, 2.05) is 19.1 Å². The molecule has 1 aromatic heterocycles. The molecule has 1 fully saturated rings. The second-order valence-corrected chi connectivity index (χ2v) is 9.17. The smallest absolute Gasteiger partial charge is 0.416 e. The van der Waals surface area contributed by atoms with E-state index >= 15 is 0 Å². The third-order valence-electron chi connectivity index (χ3n) is 6.19. The summed E-state index contributed by atoms with van der Waals surface area (Å²) in [6.45, 7) is 5.50. The van der Waals surface area contributed by atoms with E-state index in [0.29, 0.717) is 40.3 Å². The number of nitrogens with one attached hydrogen (secondary N) is 2. The lowest BCUT2D eigenvalue weighted by Crippen LogP contribution is -2.26. The summed E-state index contributed by atoms with van der Waals surface area (Å²) in [7, 11) is 1.57. The van der Waals surface area contributed by atoms with E-state index in [4.69, 9.17) is 4.74 Å². The van der Waals surface area contributed by atoms with Gasteiger partial charge in [-0.2, -0.15) is 13.2 Å². The van der Waals surface area contributed by atoms with Gasteiger partial charge in [0.25, 0.3) is 0 Å². The Kier molecular flexibility index (Phi) is 6.87. The number of benzene rings is 2. The molecule has 9 heteroatoms. The van der Waals surface area contributed by atoms with E-state index in [-0.39, 0.29) is 17.9 Å². The number of alkyl halides is 3. The highest BCUT2D eigenvalue weighted by atomic mass is 19.4. The predicted octanol–water partition coefficient (Wildman–Crippen LogP) is 5.91. The minimum absolute atomic E-state index is 0.00109. The van der Waals surface area contributed by atoms with Gasteiger partial charge in [-0.15, -0.1) is 0 Å². The van der Waals surface area contributed by atoms with E-state index in [2.05, 4.69) is 20.6 Å². The predicted molar refractivity (Wildman–Crippen MR) is 129 cm³/mol. The molecule has 1 aliphatic carbocycles. The van der Waals surface area contributed by atoms with Gasteiger partial charge in [-0.3, -0.25) is 4.79 Å². The van der Waals surface area contributed by atoms with Crippen LogP contribution in [0.3, 0.4) is 0 Å². The maximum atomic E-state index is 13.2. The van der Waals surface area contributed by atoms with E-state index in [1.54, 1.807) is 27.0 Å². The van der Waals surface area contributed by atoms with Crippen molar-refractivity contribution in [3.05, 3.63) is 58.9 Å². The average molecular weight is 487 g/mol. The molecule has 1 aliphatic rings. The van der Waals surface area contributed by atoms with Crippen molar-refractivity contribution in [1.29, 1.82) is 0 Å². The third kappa shape index (κ3) is 5.83. The topological polar surface area (TPSA) is 76.1 Å². The number of hydrogen-bond donors (Lipinski definition) is 2. The molecule has 2 aromatic carbocycles. The van der Waals surface area contributed by atoms with Crippen LogP contribution in [0.4, 0.5) is 19.0 Å². The first-order valence-electron chi connectivity index (χ1n) is 11.6. The normalized spacial score (nSPS) is 15.5. The summed E-state index contributed by atoms with van der Waals surface area (Å²) in [5, 5.41) is 6.98. The Bertz CT molecular complexity index is 1240. The molecule has 1 heterocycles. The van der Waals surface area contributed by atoms with Crippen LogP contribution in [-0.4, -0.2) is 29.0 Å². The Hall–Kier alpha value is -3.36. The van der Waals surface area contributed by atoms with Crippen LogP contribution in [0, 0.1) is 6.92 Å².